The van der Waals surface area contributed by atoms with E-state index in [1.165, 1.54) is 25.7 Å². The number of carbonyl (C=O) groups excluding carboxylic acids is 1. The molecular formula is C26H46N2O3. The Hall–Kier alpha value is -0.810. The van der Waals surface area contributed by atoms with Gasteiger partial charge in [-0.3, -0.25) is 0 Å². The van der Waals surface area contributed by atoms with Crippen LogP contribution in [0.15, 0.2) is 0 Å². The van der Waals surface area contributed by atoms with Crippen molar-refractivity contribution in [2.75, 3.05) is 6.54 Å². The second-order valence-corrected chi connectivity index (χ2v) is 12.2. The maximum absolute atomic E-state index is 11.7. The molecule has 4 fully saturated rings. The summed E-state index contributed by atoms with van der Waals surface area (Å²) in [5.41, 5.74) is 5.81. The van der Waals surface area contributed by atoms with Gasteiger partial charge in [0.05, 0.1) is 12.2 Å². The number of carbonyl (C=O) groups is 1. The molecule has 11 atom stereocenters. The Kier molecular flexibility index (Phi) is 6.42. The van der Waals surface area contributed by atoms with Crippen molar-refractivity contribution < 1.29 is 15.0 Å². The Morgan fingerprint density at radius 1 is 1.06 bits per heavy atom. The molecule has 0 bridgehead atoms. The molecule has 178 valence electrons. The number of aliphatic hydroxyl groups is 2. The number of hydrogen-bond acceptors (Lipinski definition) is 3. The third-order valence-corrected chi connectivity index (χ3v) is 11.0. The molecule has 5 N–H and O–H groups in total. The maximum Gasteiger partial charge on any atom is 0.312 e. The lowest BCUT2D eigenvalue weighted by molar-refractivity contribution is -0.203. The number of nitrogens with one attached hydrogen (secondary N) is 1. The van der Waals surface area contributed by atoms with E-state index >= 15 is 0 Å². The van der Waals surface area contributed by atoms with Crippen molar-refractivity contribution in [3.8, 4) is 0 Å². The van der Waals surface area contributed by atoms with Crippen LogP contribution in [-0.2, 0) is 0 Å². The summed E-state index contributed by atoms with van der Waals surface area (Å²) >= 11 is 0. The summed E-state index contributed by atoms with van der Waals surface area (Å²) in [6.45, 7) is 10.3. The van der Waals surface area contributed by atoms with E-state index in [0.29, 0.717) is 48.0 Å². The first-order chi connectivity index (χ1) is 14.6. The third-order valence-electron chi connectivity index (χ3n) is 11.0. The van der Waals surface area contributed by atoms with Gasteiger partial charge in [0.15, 0.2) is 0 Å². The molecule has 0 aliphatic heterocycles. The van der Waals surface area contributed by atoms with Gasteiger partial charge in [-0.25, -0.2) is 4.79 Å². The molecule has 5 heteroatoms. The van der Waals surface area contributed by atoms with Gasteiger partial charge in [0.2, 0.25) is 0 Å². The van der Waals surface area contributed by atoms with E-state index < -0.39 is 6.03 Å². The molecule has 0 aromatic carbocycles. The van der Waals surface area contributed by atoms with Crippen LogP contribution in [0, 0.1) is 52.3 Å². The summed E-state index contributed by atoms with van der Waals surface area (Å²) in [5.74, 6) is 3.56. The predicted molar refractivity (Wildman–Crippen MR) is 123 cm³/mol. The number of aliphatic hydroxyl groups excluding tert-OH is 2. The van der Waals surface area contributed by atoms with Gasteiger partial charge in [0.1, 0.15) is 0 Å². The summed E-state index contributed by atoms with van der Waals surface area (Å²) < 4.78 is 0. The minimum atomic E-state index is -0.431. The van der Waals surface area contributed by atoms with E-state index in [0.717, 1.165) is 32.1 Å². The summed E-state index contributed by atoms with van der Waals surface area (Å²) in [5, 5.41) is 25.0. The molecule has 0 spiro atoms. The number of rotatable bonds is 5. The number of urea groups is 1. The molecule has 0 unspecified atom stereocenters. The second kappa shape index (κ2) is 8.52. The summed E-state index contributed by atoms with van der Waals surface area (Å²) in [4.78, 5) is 11.1. The summed E-state index contributed by atoms with van der Waals surface area (Å²) in [6, 6.07) is -0.431. The molecule has 0 heterocycles. The quantitative estimate of drug-likeness (QED) is 0.519. The molecule has 0 radical (unpaired) electrons. The largest absolute Gasteiger partial charge is 0.393 e. The number of nitrogens with two attached hydrogens (primary N) is 1. The van der Waals surface area contributed by atoms with Crippen LogP contribution in [0.5, 0.6) is 0 Å². The maximum atomic E-state index is 11.7. The summed E-state index contributed by atoms with van der Waals surface area (Å²) in [7, 11) is 0. The van der Waals surface area contributed by atoms with Gasteiger partial charge in [-0.1, -0.05) is 34.1 Å². The number of fused-ring (bicyclic) bond motifs is 5. The van der Waals surface area contributed by atoms with E-state index in [9.17, 15) is 15.0 Å². The Labute approximate surface area is 188 Å². The van der Waals surface area contributed by atoms with Crippen molar-refractivity contribution >= 4 is 6.03 Å². The average molecular weight is 435 g/mol. The van der Waals surface area contributed by atoms with E-state index in [2.05, 4.69) is 33.0 Å². The van der Waals surface area contributed by atoms with Crippen molar-refractivity contribution in [1.29, 1.82) is 0 Å². The van der Waals surface area contributed by atoms with Crippen LogP contribution in [-0.4, -0.2) is 35.0 Å². The van der Waals surface area contributed by atoms with Crippen LogP contribution in [0.1, 0.15) is 85.5 Å². The van der Waals surface area contributed by atoms with E-state index in [1.807, 2.05) is 0 Å². The van der Waals surface area contributed by atoms with Crippen molar-refractivity contribution in [3.63, 3.8) is 0 Å². The minimum Gasteiger partial charge on any atom is -0.393 e. The lowest BCUT2D eigenvalue weighted by atomic mass is 9.41. The standard InChI is InChI=1S/C26H46N2O3/c1-5-17-21-14-16(29)8-11-26(21,4)20-9-12-25(3)18(15(2)10-13-28-24(27)31)6-7-19(25)22(20)23(17)30/h15-23,29-30H,5-14H2,1-4H3,(H3,27,28,31)/t15-,16-,17-,18-,19+,20+,21+,22+,23-,25-,26-/m1/s1. The van der Waals surface area contributed by atoms with E-state index in [-0.39, 0.29) is 23.0 Å². The molecular weight excluding hydrogens is 388 g/mol. The lowest BCUT2D eigenvalue weighted by Crippen LogP contribution is -2.62. The highest BCUT2D eigenvalue weighted by atomic mass is 16.3. The first-order valence-corrected chi connectivity index (χ1v) is 13.0. The molecule has 0 aromatic heterocycles. The molecule has 5 nitrogen and oxygen atoms in total. The fourth-order valence-electron chi connectivity index (χ4n) is 9.56. The third kappa shape index (κ3) is 3.72. The van der Waals surface area contributed by atoms with Crippen LogP contribution < -0.4 is 11.1 Å². The Morgan fingerprint density at radius 3 is 2.42 bits per heavy atom. The molecule has 2 amide bonds. The van der Waals surface area contributed by atoms with Gasteiger partial charge >= 0.3 is 6.03 Å². The molecule has 4 rings (SSSR count). The number of hydrogen-bond donors (Lipinski definition) is 4. The van der Waals surface area contributed by atoms with E-state index in [1.54, 1.807) is 0 Å². The molecule has 4 saturated carbocycles. The van der Waals surface area contributed by atoms with Crippen LogP contribution >= 0.6 is 0 Å². The lowest BCUT2D eigenvalue weighted by Gasteiger charge is -2.64. The number of amides is 2. The fraction of sp³-hybridized carbons (Fsp3) is 0.962. The van der Waals surface area contributed by atoms with Crippen molar-refractivity contribution in [2.24, 2.45) is 58.0 Å². The predicted octanol–water partition coefficient (Wildman–Crippen LogP) is 4.31. The highest BCUT2D eigenvalue weighted by Crippen LogP contribution is 2.69. The van der Waals surface area contributed by atoms with Gasteiger partial charge < -0.3 is 21.3 Å². The zero-order chi connectivity index (χ0) is 22.6. The van der Waals surface area contributed by atoms with Crippen LogP contribution in [0.25, 0.3) is 0 Å². The fourth-order valence-corrected chi connectivity index (χ4v) is 9.56. The zero-order valence-corrected chi connectivity index (χ0v) is 20.1. The molecule has 0 saturated heterocycles. The van der Waals surface area contributed by atoms with Crippen LogP contribution in [0.3, 0.4) is 0 Å². The molecule has 0 aromatic rings. The SMILES string of the molecule is CC[C@H]1[C@@H](O)[C@@H]2[C@H](CC[C@]3(C)[C@@H]([C@H](C)CCNC(N)=O)CC[C@@H]23)[C@@]2(C)CC[C@@H](O)C[C@@H]12. The minimum absolute atomic E-state index is 0.185. The average Bonchev–Trinajstić information content (AvgIpc) is 3.06. The first kappa shape index (κ1) is 23.4. The van der Waals surface area contributed by atoms with Gasteiger partial charge in [-0.15, -0.1) is 0 Å². The highest BCUT2D eigenvalue weighted by molar-refractivity contribution is 5.71. The van der Waals surface area contributed by atoms with Gasteiger partial charge in [0.25, 0.3) is 0 Å². The van der Waals surface area contributed by atoms with Crippen LogP contribution in [0.2, 0.25) is 0 Å². The molecule has 4 aliphatic carbocycles. The monoisotopic (exact) mass is 434 g/mol. The number of primary amides is 1. The normalized spacial score (nSPS) is 50.1. The zero-order valence-electron chi connectivity index (χ0n) is 20.1. The topological polar surface area (TPSA) is 95.6 Å². The first-order valence-electron chi connectivity index (χ1n) is 13.0. The Bertz CT molecular complexity index is 671. The highest BCUT2D eigenvalue weighted by Gasteiger charge is 2.64. The second-order valence-electron chi connectivity index (χ2n) is 12.2. The summed E-state index contributed by atoms with van der Waals surface area (Å²) in [6.07, 6.45) is 9.44. The van der Waals surface area contributed by atoms with E-state index in [4.69, 9.17) is 5.73 Å². The van der Waals surface area contributed by atoms with Crippen molar-refractivity contribution in [2.45, 2.75) is 97.7 Å². The van der Waals surface area contributed by atoms with Gasteiger partial charge in [-0.05, 0) is 104 Å². The van der Waals surface area contributed by atoms with Gasteiger partial charge in [-0.2, -0.15) is 0 Å². The van der Waals surface area contributed by atoms with Crippen LogP contribution in [0.4, 0.5) is 4.79 Å². The van der Waals surface area contributed by atoms with Crippen molar-refractivity contribution in [3.05, 3.63) is 0 Å². The molecule has 31 heavy (non-hydrogen) atoms. The smallest absolute Gasteiger partial charge is 0.312 e. The Balaban J connectivity index is 1.57. The van der Waals surface area contributed by atoms with Crippen molar-refractivity contribution in [1.82, 2.24) is 5.32 Å². The molecule has 4 aliphatic rings. The Morgan fingerprint density at radius 2 is 1.74 bits per heavy atom. The van der Waals surface area contributed by atoms with Gasteiger partial charge in [0, 0.05) is 6.54 Å².